The van der Waals surface area contributed by atoms with E-state index in [9.17, 15) is 86.3 Å². The molecule has 3 aliphatic heterocycles. The number of nitrogens with one attached hydrogen (secondary N) is 12. The number of rotatable bonds is 36. The Morgan fingerprint density at radius 1 is 0.382 bits per heavy atom. The van der Waals surface area contributed by atoms with Gasteiger partial charge in [-0.15, -0.1) is 0 Å². The fourth-order valence-electron chi connectivity index (χ4n) is 22.1. The topological polar surface area (TPSA) is 567 Å². The van der Waals surface area contributed by atoms with Crippen molar-refractivity contribution in [2.24, 2.45) is 120 Å². The fraction of sp³-hybridized carbons (Fsp3) is 0.714. The summed E-state index contributed by atoms with van der Waals surface area (Å²) in [6.07, 6.45) is 7.94. The Hall–Kier alpha value is -11.7. The highest BCUT2D eigenvalue weighted by atomic mass is 16.6. The van der Waals surface area contributed by atoms with Crippen LogP contribution in [0.4, 0.5) is 28.8 Å². The molecular weight excluding hydrogens is 1850 g/mol. The van der Waals surface area contributed by atoms with Gasteiger partial charge in [0.25, 0.3) is 17.7 Å². The quantitative estimate of drug-likeness (QED) is 0.0253. The molecule has 39 nitrogen and oxygen atoms in total. The summed E-state index contributed by atoms with van der Waals surface area (Å²) in [5, 5.41) is 33.6. The zero-order valence-electron chi connectivity index (χ0n) is 88.4. The van der Waals surface area contributed by atoms with E-state index in [4.69, 9.17) is 31.4 Å². The number of ether oxygens (including phenoxy) is 3. The largest absolute Gasteiger partial charge is 0.447 e. The summed E-state index contributed by atoms with van der Waals surface area (Å²) in [5.74, 6) is -8.56. The van der Waals surface area contributed by atoms with Gasteiger partial charge in [0.15, 0.2) is 0 Å². The summed E-state index contributed by atoms with van der Waals surface area (Å²) in [7, 11) is 1.45. The van der Waals surface area contributed by atoms with Crippen LogP contribution in [-0.4, -0.2) is 253 Å². The molecule has 4 unspecified atom stereocenters. The number of piperidine rings is 3. The van der Waals surface area contributed by atoms with Crippen LogP contribution < -0.4 is 81.0 Å². The van der Waals surface area contributed by atoms with E-state index in [0.717, 1.165) is 67.2 Å². The van der Waals surface area contributed by atoms with Gasteiger partial charge in [0, 0.05) is 38.8 Å². The average molecular weight is 2010 g/mol. The van der Waals surface area contributed by atoms with E-state index in [1.54, 1.807) is 16.7 Å². The molecule has 2 aromatic rings. The van der Waals surface area contributed by atoms with Crippen LogP contribution in [0.2, 0.25) is 0 Å². The number of nitrogens with two attached hydrogens (primary N) is 3. The number of urea groups is 3. The molecule has 796 valence electrons. The van der Waals surface area contributed by atoms with Gasteiger partial charge in [0.05, 0.1) is 36.3 Å². The summed E-state index contributed by atoms with van der Waals surface area (Å²) in [6.45, 7) is 43.4. The monoisotopic (exact) mass is 2010 g/mol. The Bertz CT molecular complexity index is 5130. The first-order valence-electron chi connectivity index (χ1n) is 51.3. The van der Waals surface area contributed by atoms with Crippen molar-refractivity contribution in [3.05, 3.63) is 70.8 Å². The molecule has 3 saturated heterocycles. The third-order valence-corrected chi connectivity index (χ3v) is 32.0. The Balaban J connectivity index is 0.000000206. The van der Waals surface area contributed by atoms with Crippen molar-refractivity contribution in [3.8, 4) is 0 Å². The first kappa shape index (κ1) is 113. The Kier molecular flexibility index (Phi) is 34.7. The number of fused-ring (bicyclic) bond motifs is 5. The summed E-state index contributed by atoms with van der Waals surface area (Å²) in [5.41, 5.74) is 17.1. The van der Waals surface area contributed by atoms with E-state index in [1.807, 2.05) is 166 Å². The van der Waals surface area contributed by atoms with Crippen molar-refractivity contribution in [2.45, 2.75) is 320 Å². The summed E-state index contributed by atoms with van der Waals surface area (Å²) in [4.78, 5) is 241. The molecular formula is C105H160N18O21. The molecule has 18 N–H and O–H groups in total. The Morgan fingerprint density at radius 2 is 0.674 bits per heavy atom. The first-order chi connectivity index (χ1) is 66.9. The van der Waals surface area contributed by atoms with Gasteiger partial charge in [-0.2, -0.15) is 0 Å². The lowest BCUT2D eigenvalue weighted by atomic mass is 9.80. The van der Waals surface area contributed by atoms with Gasteiger partial charge in [-0.1, -0.05) is 218 Å². The van der Waals surface area contributed by atoms with Gasteiger partial charge < -0.3 is 110 Å². The smallest absolute Gasteiger partial charge is 0.407 e. The molecule has 2 aromatic carbocycles. The van der Waals surface area contributed by atoms with Gasteiger partial charge in [-0.3, -0.25) is 57.5 Å². The number of ketones is 3. The van der Waals surface area contributed by atoms with Gasteiger partial charge >= 0.3 is 36.4 Å². The minimum absolute atomic E-state index is 0.0628. The second kappa shape index (κ2) is 44.3. The molecule has 0 spiro atoms. The second-order valence-corrected chi connectivity index (χ2v) is 49.1. The fourth-order valence-corrected chi connectivity index (χ4v) is 22.1. The number of benzene rings is 2. The van der Waals surface area contributed by atoms with Crippen LogP contribution in [-0.2, 0) is 97.4 Å². The SMILES string of the molecule is CC(C)(C)NC(=O)OCC(NC(=O)N[C@H](C(=O)N1C[C@H]2[C@@H]([C@H]1C(=O)NC(CC1CCC1)C(=O)C(N)=O)C2(C)C)C(C)(C)C)C(C)(C)C.CCNC(=O)OC[C@@H](NC(=O)N[C@H](C(=O)N1C[C@H]2[C@@H]([C@H]1C(=O)NC(CC1CC1)C(=O)C(N)=O)C2(C)C)C1Cc2ccccc2C1)C(C)(C)C.CNC(=O)OC[C@@H](NC(=O)N[C@H](C(=O)N1C[C@H]2[C@@H]([C@H]1C(=O)NC(CC1CC1)C(=O)C(N)=O)C2(C)C)C1Cc2ccccc2C1)C(C)(C)C. The number of primary amides is 3. The third kappa shape index (κ3) is 27.5. The van der Waals surface area contributed by atoms with Crippen molar-refractivity contribution < 1.29 is 101 Å². The molecule has 9 fully saturated rings. The standard InChI is InChI=1S/C36H52N6O7.C35H50N6O7.C34H58N6O7/c1-7-38-34(48)49-18-25(35(2,3)4)40-33(47)41-27(22-15-20-10-8-9-11-21(20)16-22)32(46)42-17-23-26(36(23,5)6)28(42)31(45)39-24(14-19-12-13-19)29(43)30(37)44;1-34(2,3)24(17-48-33(47)37-6)39-32(46)40-26(21-14-19-9-7-8-10-20(19)15-21)31(45)41-16-22-25(35(22,4)5)27(41)30(44)38-23(13-18-11-12-18)28(42)29(36)43;1-31(2,3)21(17-47-30(46)39-33(7,8)9)37-29(45)38-25(32(4,5)6)28(44)40-16-19-22(34(19,10)11)23(40)27(43)36-20(24(41)26(35)42)15-18-13-12-14-18/h8-11,19,22-28H,7,12-18H2,1-6H3,(H2,37,44)(H,38,48)(H,39,45)(H2,40,41,47);7-10,18,21-27H,11-17H2,1-6H3,(H2,36,43)(H,37,47)(H,38,44)(H2,39,40,46);18-23,25H,12-17H2,1-11H3,(H2,35,42)(H,36,43)(H,39,46)(H2,37,38,45)/t23-,24?,25+,26-,27-,28-;22-,23?,24+,25-,26-,27-;19-,20?,21?,22-,23-,25+/m000/s1. The maximum atomic E-state index is 14.7. The molecule has 3 heterocycles. The number of nitrogens with zero attached hydrogens (tertiary/aromatic N) is 3. The maximum absolute atomic E-state index is 14.7. The molecule has 6 saturated carbocycles. The normalized spacial score (nSPS) is 24.1. The first-order valence-corrected chi connectivity index (χ1v) is 51.3. The number of carbonyl (C=O) groups is 18. The number of amides is 18. The van der Waals surface area contributed by atoms with E-state index in [0.29, 0.717) is 71.1 Å². The lowest BCUT2D eigenvalue weighted by molar-refractivity contribution is -0.145. The highest BCUT2D eigenvalue weighted by molar-refractivity contribution is 6.39. The van der Waals surface area contributed by atoms with E-state index in [2.05, 4.69) is 91.5 Å². The van der Waals surface area contributed by atoms with E-state index in [1.165, 1.54) is 11.9 Å². The predicted molar refractivity (Wildman–Crippen MR) is 534 cm³/mol. The van der Waals surface area contributed by atoms with E-state index in [-0.39, 0.29) is 113 Å². The van der Waals surface area contributed by atoms with E-state index >= 15 is 0 Å². The molecule has 8 aliphatic carbocycles. The molecule has 11 aliphatic rings. The molecule has 0 radical (unpaired) electrons. The minimum atomic E-state index is -1.10. The Morgan fingerprint density at radius 3 is 0.938 bits per heavy atom. The van der Waals surface area contributed by atoms with Crippen LogP contribution in [0.5, 0.6) is 0 Å². The average Bonchev–Trinajstić information content (AvgIpc) is 1.53. The zero-order valence-corrected chi connectivity index (χ0v) is 88.4. The van der Waals surface area contributed by atoms with Crippen molar-refractivity contribution in [3.63, 3.8) is 0 Å². The number of hydrogen-bond donors (Lipinski definition) is 15. The number of Topliss-reactive ketones (excluding diaryl/α,β-unsaturated/α-hetero) is 3. The van der Waals surface area contributed by atoms with Crippen LogP contribution in [0.3, 0.4) is 0 Å². The van der Waals surface area contributed by atoms with Crippen LogP contribution in [0.1, 0.15) is 239 Å². The van der Waals surface area contributed by atoms with Crippen molar-refractivity contribution in [1.29, 1.82) is 0 Å². The second-order valence-electron chi connectivity index (χ2n) is 49.1. The molecule has 144 heavy (non-hydrogen) atoms. The molecule has 18 atom stereocenters. The molecule has 39 heteroatoms. The van der Waals surface area contributed by atoms with Crippen molar-refractivity contribution in [2.75, 3.05) is 53.0 Å². The van der Waals surface area contributed by atoms with Gasteiger partial charge in [-0.25, -0.2) is 28.8 Å². The number of carbonyl (C=O) groups excluding carboxylic acids is 18. The summed E-state index contributed by atoms with van der Waals surface area (Å²) < 4.78 is 16.0. The minimum Gasteiger partial charge on any atom is -0.447 e. The molecule has 0 bridgehead atoms. The zero-order chi connectivity index (χ0) is 107. The predicted octanol–water partition coefficient (Wildman–Crippen LogP) is 6.57. The highest BCUT2D eigenvalue weighted by Crippen LogP contribution is 2.67. The van der Waals surface area contributed by atoms with Gasteiger partial charge in [0.2, 0.25) is 52.8 Å². The number of alkyl carbamates (subject to hydrolysis) is 3. The number of likely N-dealkylation sites (tertiary alicyclic amines) is 3. The van der Waals surface area contributed by atoms with Crippen molar-refractivity contribution >= 4 is 107 Å². The summed E-state index contributed by atoms with van der Waals surface area (Å²) in [6, 6.07) is 3.61. The lowest BCUT2D eigenvalue weighted by Crippen LogP contribution is -2.62. The highest BCUT2D eigenvalue weighted by Gasteiger charge is 2.73. The van der Waals surface area contributed by atoms with Crippen LogP contribution in [0.15, 0.2) is 48.5 Å². The van der Waals surface area contributed by atoms with Gasteiger partial charge in [0.1, 0.15) is 56.1 Å². The van der Waals surface area contributed by atoms with Crippen LogP contribution >= 0.6 is 0 Å². The third-order valence-electron chi connectivity index (χ3n) is 32.0. The van der Waals surface area contributed by atoms with Gasteiger partial charge in [-0.05, 0) is 198 Å². The summed E-state index contributed by atoms with van der Waals surface area (Å²) >= 11 is 0. The van der Waals surface area contributed by atoms with E-state index < -0.39 is 195 Å². The van der Waals surface area contributed by atoms with Crippen LogP contribution in [0.25, 0.3) is 0 Å². The Labute approximate surface area is 846 Å². The van der Waals surface area contributed by atoms with Crippen molar-refractivity contribution in [1.82, 2.24) is 78.5 Å². The molecule has 18 amide bonds. The lowest BCUT2D eigenvalue weighted by Gasteiger charge is -2.39. The molecule has 13 rings (SSSR count). The molecule has 0 aromatic heterocycles. The van der Waals surface area contributed by atoms with Crippen LogP contribution in [0, 0.1) is 103 Å². The number of hydrogen-bond acceptors (Lipinski definition) is 21. The maximum Gasteiger partial charge on any atom is 0.407 e.